The Labute approximate surface area is 143 Å². The van der Waals surface area contributed by atoms with Gasteiger partial charge in [0.15, 0.2) is 5.75 Å². The van der Waals surface area contributed by atoms with Crippen LogP contribution in [-0.4, -0.2) is 48.7 Å². The maximum Gasteiger partial charge on any atom is 0.225 e. The molecular weight excluding hydrogens is 300 g/mol. The molecule has 1 aromatic carbocycles. The van der Waals surface area contributed by atoms with E-state index in [9.17, 15) is 0 Å². The third-order valence-corrected chi connectivity index (χ3v) is 5.53. The van der Waals surface area contributed by atoms with Gasteiger partial charge in [-0.05, 0) is 31.0 Å². The van der Waals surface area contributed by atoms with Crippen molar-refractivity contribution >= 4 is 5.95 Å². The van der Waals surface area contributed by atoms with Crippen LogP contribution in [0.5, 0.6) is 5.75 Å². The normalized spacial score (nSPS) is 26.6. The lowest BCUT2D eigenvalue weighted by Crippen LogP contribution is -2.30. The van der Waals surface area contributed by atoms with Crippen LogP contribution >= 0.6 is 0 Å². The largest absolute Gasteiger partial charge is 0.494 e. The highest BCUT2D eigenvalue weighted by atomic mass is 16.5. The summed E-state index contributed by atoms with van der Waals surface area (Å²) in [4.78, 5) is 13.8. The quantitative estimate of drug-likeness (QED) is 0.868. The topological polar surface area (TPSA) is 41.5 Å². The number of benzene rings is 1. The van der Waals surface area contributed by atoms with Crippen molar-refractivity contribution in [3.63, 3.8) is 0 Å². The van der Waals surface area contributed by atoms with E-state index in [0.717, 1.165) is 25.6 Å². The molecule has 0 N–H and O–H groups in total. The minimum absolute atomic E-state index is 0.486. The highest BCUT2D eigenvalue weighted by Crippen LogP contribution is 2.45. The summed E-state index contributed by atoms with van der Waals surface area (Å²) in [5.74, 6) is 2.82. The minimum Gasteiger partial charge on any atom is -0.494 e. The highest BCUT2D eigenvalue weighted by Gasteiger charge is 2.46. The van der Waals surface area contributed by atoms with Gasteiger partial charge in [0.1, 0.15) is 0 Å². The van der Waals surface area contributed by atoms with E-state index in [1.807, 2.05) is 0 Å². The summed E-state index contributed by atoms with van der Waals surface area (Å²) in [5.41, 5.74) is 2.85. The van der Waals surface area contributed by atoms with Crippen LogP contribution in [0.4, 0.5) is 5.95 Å². The smallest absolute Gasteiger partial charge is 0.225 e. The van der Waals surface area contributed by atoms with Gasteiger partial charge in [-0.2, -0.15) is 0 Å². The fourth-order valence-corrected chi connectivity index (χ4v) is 4.39. The number of fused-ring (bicyclic) bond motifs is 1. The standard InChI is InChI=1S/C19H24N4O/c1-13-6-4-5-7-16(13)18-17-12-23(11-14(17)10-22(18)2)19-20-8-15(24-3)9-21-19/h4-9,14,17-18H,10-12H2,1-3H3/t14-,17+,18-/m0/s1. The van der Waals surface area contributed by atoms with Crippen molar-refractivity contribution in [3.05, 3.63) is 47.8 Å². The molecule has 4 rings (SSSR count). The molecule has 0 spiro atoms. The van der Waals surface area contributed by atoms with Gasteiger partial charge in [-0.25, -0.2) is 9.97 Å². The van der Waals surface area contributed by atoms with E-state index < -0.39 is 0 Å². The number of aryl methyl sites for hydroxylation is 1. The summed E-state index contributed by atoms with van der Waals surface area (Å²) in [6, 6.07) is 9.26. The lowest BCUT2D eigenvalue weighted by molar-refractivity contribution is 0.278. The predicted octanol–water partition coefficient (Wildman–Crippen LogP) is 2.53. The van der Waals surface area contributed by atoms with Gasteiger partial charge in [-0.3, -0.25) is 4.90 Å². The third-order valence-electron chi connectivity index (χ3n) is 5.53. The minimum atomic E-state index is 0.486. The first-order valence-corrected chi connectivity index (χ1v) is 8.54. The molecule has 0 bridgehead atoms. The van der Waals surface area contributed by atoms with E-state index in [1.54, 1.807) is 19.5 Å². The Kier molecular flexibility index (Phi) is 3.88. The predicted molar refractivity (Wildman–Crippen MR) is 94.3 cm³/mol. The fraction of sp³-hybridized carbons (Fsp3) is 0.474. The summed E-state index contributed by atoms with van der Waals surface area (Å²) in [6.45, 7) is 5.40. The number of ether oxygens (including phenoxy) is 1. The molecule has 0 saturated carbocycles. The van der Waals surface area contributed by atoms with Crippen LogP contribution in [0.15, 0.2) is 36.7 Å². The summed E-state index contributed by atoms with van der Waals surface area (Å²) in [7, 11) is 3.89. The van der Waals surface area contributed by atoms with Gasteiger partial charge in [0.2, 0.25) is 5.95 Å². The molecule has 5 heteroatoms. The number of rotatable bonds is 3. The molecule has 1 aromatic heterocycles. The van der Waals surface area contributed by atoms with Gasteiger partial charge < -0.3 is 9.64 Å². The van der Waals surface area contributed by atoms with Crippen LogP contribution in [0.25, 0.3) is 0 Å². The molecule has 3 heterocycles. The molecule has 24 heavy (non-hydrogen) atoms. The van der Waals surface area contributed by atoms with Crippen molar-refractivity contribution in [2.45, 2.75) is 13.0 Å². The zero-order valence-electron chi connectivity index (χ0n) is 14.5. The number of methoxy groups -OCH3 is 1. The Morgan fingerprint density at radius 3 is 2.54 bits per heavy atom. The number of nitrogens with zero attached hydrogens (tertiary/aromatic N) is 4. The Balaban J connectivity index is 1.57. The molecule has 0 aliphatic carbocycles. The van der Waals surface area contributed by atoms with Gasteiger partial charge in [0.25, 0.3) is 0 Å². The van der Waals surface area contributed by atoms with E-state index in [2.05, 4.69) is 58.0 Å². The lowest BCUT2D eigenvalue weighted by Gasteiger charge is -2.28. The van der Waals surface area contributed by atoms with Gasteiger partial charge in [-0.15, -0.1) is 0 Å². The second-order valence-corrected chi connectivity index (χ2v) is 6.99. The molecule has 2 fully saturated rings. The van der Waals surface area contributed by atoms with E-state index in [1.165, 1.54) is 11.1 Å². The molecule has 2 aliphatic heterocycles. The van der Waals surface area contributed by atoms with Crippen LogP contribution in [-0.2, 0) is 0 Å². The third kappa shape index (κ3) is 2.53. The molecule has 126 valence electrons. The van der Waals surface area contributed by atoms with Gasteiger partial charge in [0, 0.05) is 31.6 Å². The Hall–Kier alpha value is -2.14. The van der Waals surface area contributed by atoms with E-state index in [0.29, 0.717) is 23.6 Å². The van der Waals surface area contributed by atoms with Crippen molar-refractivity contribution in [3.8, 4) is 5.75 Å². The van der Waals surface area contributed by atoms with Crippen LogP contribution in [0.1, 0.15) is 17.2 Å². The van der Waals surface area contributed by atoms with Crippen molar-refractivity contribution in [1.82, 2.24) is 14.9 Å². The maximum atomic E-state index is 5.16. The van der Waals surface area contributed by atoms with E-state index in [4.69, 9.17) is 4.74 Å². The molecule has 5 nitrogen and oxygen atoms in total. The van der Waals surface area contributed by atoms with E-state index >= 15 is 0 Å². The number of likely N-dealkylation sites (tertiary alicyclic amines) is 1. The molecular formula is C19H24N4O. The lowest BCUT2D eigenvalue weighted by atomic mass is 9.88. The van der Waals surface area contributed by atoms with Crippen LogP contribution in [0.3, 0.4) is 0 Å². The van der Waals surface area contributed by atoms with Gasteiger partial charge >= 0.3 is 0 Å². The van der Waals surface area contributed by atoms with Crippen LogP contribution in [0, 0.1) is 18.8 Å². The molecule has 3 atom stereocenters. The Morgan fingerprint density at radius 2 is 1.83 bits per heavy atom. The highest BCUT2D eigenvalue weighted by molar-refractivity contribution is 5.37. The molecule has 2 aliphatic rings. The Morgan fingerprint density at radius 1 is 1.08 bits per heavy atom. The average molecular weight is 324 g/mol. The number of hydrogen-bond donors (Lipinski definition) is 0. The Bertz CT molecular complexity index is 718. The molecule has 2 aromatic rings. The summed E-state index contributed by atoms with van der Waals surface area (Å²) in [5, 5.41) is 0. The second-order valence-electron chi connectivity index (χ2n) is 6.99. The molecule has 0 unspecified atom stereocenters. The van der Waals surface area contributed by atoms with Crippen molar-refractivity contribution < 1.29 is 4.74 Å². The second kappa shape index (κ2) is 6.06. The summed E-state index contributed by atoms with van der Waals surface area (Å²) < 4.78 is 5.16. The van der Waals surface area contributed by atoms with Crippen LogP contribution < -0.4 is 9.64 Å². The first kappa shape index (κ1) is 15.4. The van der Waals surface area contributed by atoms with Gasteiger partial charge in [0.05, 0.1) is 19.5 Å². The molecule has 2 saturated heterocycles. The number of anilines is 1. The number of aromatic nitrogens is 2. The SMILES string of the molecule is COc1cnc(N2C[C@@H]3CN(C)[C@@H](c4ccccc4C)[C@@H]3C2)nc1. The fourth-order valence-electron chi connectivity index (χ4n) is 4.39. The monoisotopic (exact) mass is 324 g/mol. The maximum absolute atomic E-state index is 5.16. The molecule has 0 amide bonds. The van der Waals surface area contributed by atoms with Crippen molar-refractivity contribution in [1.29, 1.82) is 0 Å². The first-order valence-electron chi connectivity index (χ1n) is 8.54. The zero-order chi connectivity index (χ0) is 16.7. The molecule has 0 radical (unpaired) electrons. The summed E-state index contributed by atoms with van der Waals surface area (Å²) in [6.07, 6.45) is 3.50. The summed E-state index contributed by atoms with van der Waals surface area (Å²) >= 11 is 0. The van der Waals surface area contributed by atoms with Gasteiger partial charge in [-0.1, -0.05) is 24.3 Å². The van der Waals surface area contributed by atoms with Crippen molar-refractivity contribution in [2.24, 2.45) is 11.8 Å². The zero-order valence-corrected chi connectivity index (χ0v) is 14.5. The number of hydrogen-bond acceptors (Lipinski definition) is 5. The van der Waals surface area contributed by atoms with Crippen LogP contribution in [0.2, 0.25) is 0 Å². The van der Waals surface area contributed by atoms with E-state index in [-0.39, 0.29) is 0 Å². The average Bonchev–Trinajstić information content (AvgIpc) is 3.12. The first-order chi connectivity index (χ1) is 11.7. The van der Waals surface area contributed by atoms with Crippen molar-refractivity contribution in [2.75, 3.05) is 38.7 Å².